The summed E-state index contributed by atoms with van der Waals surface area (Å²) in [4.78, 5) is 21.8. The second-order valence-corrected chi connectivity index (χ2v) is 3.31. The Morgan fingerprint density at radius 1 is 1.36 bits per heavy atom. The van der Waals surface area contributed by atoms with Crippen LogP contribution in [0.25, 0.3) is 0 Å². The molecule has 14 heavy (non-hydrogen) atoms. The average molecular weight is 209 g/mol. The number of amides is 1. The van der Waals surface area contributed by atoms with Crippen molar-refractivity contribution >= 4 is 11.9 Å². The lowest BCUT2D eigenvalue weighted by Gasteiger charge is -2.21. The molecule has 0 aliphatic carbocycles. The van der Waals surface area contributed by atoms with Gasteiger partial charge in [0.2, 0.25) is 0 Å². The van der Waals surface area contributed by atoms with Gasteiger partial charge in [0.25, 0.3) is 5.91 Å². The first kappa shape index (κ1) is 12.8. The van der Waals surface area contributed by atoms with Crippen molar-refractivity contribution in [2.75, 3.05) is 13.1 Å². The van der Waals surface area contributed by atoms with Gasteiger partial charge < -0.3 is 10.0 Å². The minimum Gasteiger partial charge on any atom is -0.480 e. The number of nitrogens with zero attached hydrogens (tertiary/aromatic N) is 1. The Morgan fingerprint density at radius 3 is 2.14 bits per heavy atom. The molecule has 0 radical (unpaired) electrons. The maximum Gasteiger partial charge on any atom is 0.323 e. The molecule has 1 amide bonds. The highest BCUT2D eigenvalue weighted by Gasteiger charge is 2.25. The molecule has 6 heteroatoms. The molecule has 0 fully saturated rings. The van der Waals surface area contributed by atoms with Crippen LogP contribution in [0.3, 0.4) is 0 Å². The van der Waals surface area contributed by atoms with Gasteiger partial charge in [0.15, 0.2) is 0 Å². The molecule has 0 bridgehead atoms. The summed E-state index contributed by atoms with van der Waals surface area (Å²) in [7, 11) is 0. The van der Waals surface area contributed by atoms with Crippen molar-refractivity contribution in [3.8, 4) is 0 Å². The van der Waals surface area contributed by atoms with E-state index in [9.17, 15) is 18.4 Å². The zero-order valence-electron chi connectivity index (χ0n) is 8.04. The third-order valence-corrected chi connectivity index (χ3v) is 1.41. The molecule has 4 nitrogen and oxygen atoms in total. The molecule has 0 heterocycles. The van der Waals surface area contributed by atoms with Crippen molar-refractivity contribution in [1.29, 1.82) is 0 Å². The summed E-state index contributed by atoms with van der Waals surface area (Å²) in [5.74, 6) is -2.77. The monoisotopic (exact) mass is 209 g/mol. The molecule has 0 aliphatic rings. The normalized spacial score (nSPS) is 10.7. The fourth-order valence-electron chi connectivity index (χ4n) is 0.975. The first-order valence-electron chi connectivity index (χ1n) is 4.13. The number of carbonyl (C=O) groups excluding carboxylic acids is 1. The standard InChI is InChI=1S/C8H13F2NO3/c1-5(2)3-11(4-6(12)13)8(14)7(9)10/h5,7H,3-4H2,1-2H3,(H,12,13). The Balaban J connectivity index is 4.38. The van der Waals surface area contributed by atoms with Gasteiger partial charge in [0, 0.05) is 6.54 Å². The van der Waals surface area contributed by atoms with Crippen LogP contribution >= 0.6 is 0 Å². The van der Waals surface area contributed by atoms with E-state index in [1.54, 1.807) is 13.8 Å². The lowest BCUT2D eigenvalue weighted by Crippen LogP contribution is -2.41. The van der Waals surface area contributed by atoms with Gasteiger partial charge in [-0.3, -0.25) is 9.59 Å². The summed E-state index contributed by atoms with van der Waals surface area (Å²) in [5.41, 5.74) is 0. The van der Waals surface area contributed by atoms with E-state index >= 15 is 0 Å². The van der Waals surface area contributed by atoms with Crippen molar-refractivity contribution in [3.05, 3.63) is 0 Å². The van der Waals surface area contributed by atoms with E-state index in [-0.39, 0.29) is 12.5 Å². The lowest BCUT2D eigenvalue weighted by atomic mass is 10.2. The highest BCUT2D eigenvalue weighted by atomic mass is 19.3. The van der Waals surface area contributed by atoms with Crippen LogP contribution in [0.15, 0.2) is 0 Å². The van der Waals surface area contributed by atoms with Crippen molar-refractivity contribution in [3.63, 3.8) is 0 Å². The van der Waals surface area contributed by atoms with E-state index in [1.807, 2.05) is 0 Å². The third kappa shape index (κ3) is 4.74. The Morgan fingerprint density at radius 2 is 1.86 bits per heavy atom. The molecule has 0 aromatic rings. The number of alkyl halides is 2. The predicted octanol–water partition coefficient (Wildman–Crippen LogP) is 0.821. The van der Waals surface area contributed by atoms with Crippen LogP contribution in [-0.4, -0.2) is 41.4 Å². The van der Waals surface area contributed by atoms with Gasteiger partial charge in [-0.15, -0.1) is 0 Å². The van der Waals surface area contributed by atoms with Crippen molar-refractivity contribution in [2.24, 2.45) is 5.92 Å². The van der Waals surface area contributed by atoms with E-state index in [4.69, 9.17) is 5.11 Å². The molecular formula is C8H13F2NO3. The smallest absolute Gasteiger partial charge is 0.323 e. The highest BCUT2D eigenvalue weighted by molar-refractivity contribution is 5.83. The van der Waals surface area contributed by atoms with Gasteiger partial charge in [-0.1, -0.05) is 13.8 Å². The van der Waals surface area contributed by atoms with Crippen LogP contribution < -0.4 is 0 Å². The van der Waals surface area contributed by atoms with E-state index < -0.39 is 24.8 Å². The van der Waals surface area contributed by atoms with Crippen LogP contribution in [0.5, 0.6) is 0 Å². The van der Waals surface area contributed by atoms with Gasteiger partial charge in [-0.2, -0.15) is 8.78 Å². The van der Waals surface area contributed by atoms with Gasteiger partial charge in [-0.25, -0.2) is 0 Å². The van der Waals surface area contributed by atoms with Crippen LogP contribution in [0.1, 0.15) is 13.8 Å². The fourth-order valence-corrected chi connectivity index (χ4v) is 0.975. The topological polar surface area (TPSA) is 57.6 Å². The first-order valence-corrected chi connectivity index (χ1v) is 4.13. The Bertz CT molecular complexity index is 219. The molecule has 0 aliphatic heterocycles. The average Bonchev–Trinajstić information content (AvgIpc) is 1.99. The number of carboxylic acid groups (broad SMARTS) is 1. The summed E-state index contributed by atoms with van der Waals surface area (Å²) in [6.45, 7) is 2.78. The number of carbonyl (C=O) groups is 2. The molecule has 0 atom stereocenters. The minimum absolute atomic E-state index is 0.0233. The van der Waals surface area contributed by atoms with Crippen LogP contribution in [0.2, 0.25) is 0 Å². The zero-order chi connectivity index (χ0) is 11.3. The molecule has 0 saturated heterocycles. The molecule has 0 saturated carbocycles. The predicted molar refractivity (Wildman–Crippen MR) is 45.1 cm³/mol. The lowest BCUT2D eigenvalue weighted by molar-refractivity contribution is -0.150. The molecule has 82 valence electrons. The summed E-state index contributed by atoms with van der Waals surface area (Å²) < 4.78 is 24.0. The number of carboxylic acids is 1. The van der Waals surface area contributed by atoms with E-state index in [1.165, 1.54) is 0 Å². The Kier molecular flexibility index (Phi) is 5.04. The van der Waals surface area contributed by atoms with Crippen LogP contribution in [0.4, 0.5) is 8.78 Å². The number of halogens is 2. The highest BCUT2D eigenvalue weighted by Crippen LogP contribution is 2.04. The van der Waals surface area contributed by atoms with E-state index in [0.29, 0.717) is 4.90 Å². The maximum absolute atomic E-state index is 12.0. The molecular weight excluding hydrogens is 196 g/mol. The van der Waals surface area contributed by atoms with Crippen molar-refractivity contribution < 1.29 is 23.5 Å². The van der Waals surface area contributed by atoms with Crippen molar-refractivity contribution in [1.82, 2.24) is 4.90 Å². The van der Waals surface area contributed by atoms with E-state index in [2.05, 4.69) is 0 Å². The molecule has 0 unspecified atom stereocenters. The van der Waals surface area contributed by atoms with Crippen LogP contribution in [-0.2, 0) is 9.59 Å². The fraction of sp³-hybridized carbons (Fsp3) is 0.750. The number of rotatable bonds is 5. The molecule has 1 N–H and O–H groups in total. The van der Waals surface area contributed by atoms with Gasteiger partial charge in [-0.05, 0) is 5.92 Å². The number of hydrogen-bond acceptors (Lipinski definition) is 2. The van der Waals surface area contributed by atoms with Gasteiger partial charge in [0.05, 0.1) is 0 Å². The van der Waals surface area contributed by atoms with Crippen molar-refractivity contribution in [2.45, 2.75) is 20.3 Å². The molecule has 0 rings (SSSR count). The van der Waals surface area contributed by atoms with Gasteiger partial charge >= 0.3 is 12.4 Å². The Hall–Kier alpha value is -1.20. The zero-order valence-corrected chi connectivity index (χ0v) is 8.04. The molecule has 0 spiro atoms. The number of aliphatic carboxylic acids is 1. The van der Waals surface area contributed by atoms with E-state index in [0.717, 1.165) is 0 Å². The SMILES string of the molecule is CC(C)CN(CC(=O)O)C(=O)C(F)F. The first-order chi connectivity index (χ1) is 6.34. The maximum atomic E-state index is 12.0. The summed E-state index contributed by atoms with van der Waals surface area (Å²) in [6, 6.07) is 0. The third-order valence-electron chi connectivity index (χ3n) is 1.41. The van der Waals surface area contributed by atoms with Gasteiger partial charge in [0.1, 0.15) is 6.54 Å². The quantitative estimate of drug-likeness (QED) is 0.729. The number of hydrogen-bond donors (Lipinski definition) is 1. The second-order valence-electron chi connectivity index (χ2n) is 3.31. The Labute approximate surface area is 80.5 Å². The largest absolute Gasteiger partial charge is 0.480 e. The summed E-state index contributed by atoms with van der Waals surface area (Å²) in [6.07, 6.45) is -3.15. The summed E-state index contributed by atoms with van der Waals surface area (Å²) >= 11 is 0. The minimum atomic E-state index is -3.15. The van der Waals surface area contributed by atoms with Crippen LogP contribution in [0, 0.1) is 5.92 Å². The summed E-state index contributed by atoms with van der Waals surface area (Å²) in [5, 5.41) is 8.39. The second kappa shape index (κ2) is 5.51. The molecule has 0 aromatic carbocycles. The molecule has 0 aromatic heterocycles.